The molecule has 2 aromatic rings. The van der Waals surface area contributed by atoms with Gasteiger partial charge in [-0.2, -0.15) is 0 Å². The van der Waals surface area contributed by atoms with Gasteiger partial charge in [0.15, 0.2) is 0 Å². The van der Waals surface area contributed by atoms with Crippen LogP contribution in [0.1, 0.15) is 31.3 Å². The molecule has 0 saturated heterocycles. The number of nitrogens with zero attached hydrogens (tertiary/aromatic N) is 2. The molecule has 5 heteroatoms. The third-order valence-electron chi connectivity index (χ3n) is 2.83. The fourth-order valence-corrected chi connectivity index (χ4v) is 2.80. The number of thioether (sulfide) groups is 1. The molecule has 1 heterocycles. The van der Waals surface area contributed by atoms with E-state index in [0.29, 0.717) is 11.7 Å². The normalized spacial score (nSPS) is 10.8. The number of rotatable bonds is 5. The molecule has 0 unspecified atom stereocenters. The minimum atomic E-state index is 0.383. The van der Waals surface area contributed by atoms with E-state index in [0.717, 1.165) is 27.3 Å². The lowest BCUT2D eigenvalue weighted by molar-refractivity contribution is 0.800. The van der Waals surface area contributed by atoms with Crippen molar-refractivity contribution in [1.29, 1.82) is 0 Å². The molecule has 0 aliphatic heterocycles. The number of hydrogen-bond acceptors (Lipinski definition) is 4. The van der Waals surface area contributed by atoms with Gasteiger partial charge in [-0.15, -0.1) is 11.8 Å². The number of halogens is 1. The minimum absolute atomic E-state index is 0.383. The molecule has 106 valence electrons. The van der Waals surface area contributed by atoms with Gasteiger partial charge in [0.2, 0.25) is 0 Å². The Labute approximate surface area is 129 Å². The van der Waals surface area contributed by atoms with E-state index in [1.165, 1.54) is 0 Å². The predicted octanol–water partition coefficient (Wildman–Crippen LogP) is 4.59. The fourth-order valence-electron chi connectivity index (χ4n) is 1.71. The lowest BCUT2D eigenvalue weighted by Gasteiger charge is -2.10. The minimum Gasteiger partial charge on any atom is -0.373 e. The van der Waals surface area contributed by atoms with Crippen molar-refractivity contribution in [2.75, 3.05) is 12.4 Å². The maximum absolute atomic E-state index is 6.16. The highest BCUT2D eigenvalue weighted by atomic mass is 35.5. The highest BCUT2D eigenvalue weighted by molar-refractivity contribution is 7.98. The monoisotopic (exact) mass is 307 g/mol. The molecule has 3 nitrogen and oxygen atoms in total. The topological polar surface area (TPSA) is 37.8 Å². The molecule has 0 atom stereocenters. The van der Waals surface area contributed by atoms with Crippen molar-refractivity contribution >= 4 is 29.2 Å². The Morgan fingerprint density at radius 2 is 2.00 bits per heavy atom. The Balaban J connectivity index is 2.17. The van der Waals surface area contributed by atoms with Gasteiger partial charge in [-0.05, 0) is 18.1 Å². The molecule has 0 radical (unpaired) electrons. The van der Waals surface area contributed by atoms with Gasteiger partial charge in [0.05, 0.1) is 10.8 Å². The van der Waals surface area contributed by atoms with Crippen LogP contribution in [0, 0.1) is 0 Å². The van der Waals surface area contributed by atoms with Crippen LogP contribution >= 0.6 is 23.4 Å². The molecule has 0 fully saturated rings. The van der Waals surface area contributed by atoms with Gasteiger partial charge in [-0.3, -0.25) is 0 Å². The van der Waals surface area contributed by atoms with Gasteiger partial charge in [0.25, 0.3) is 0 Å². The zero-order valence-corrected chi connectivity index (χ0v) is 13.4. The first kappa shape index (κ1) is 15.1. The summed E-state index contributed by atoms with van der Waals surface area (Å²) >= 11 is 7.81. The summed E-state index contributed by atoms with van der Waals surface area (Å²) in [4.78, 5) is 10.2. The molecule has 0 saturated carbocycles. The summed E-state index contributed by atoms with van der Waals surface area (Å²) in [5, 5.41) is 3.86. The summed E-state index contributed by atoms with van der Waals surface area (Å²) in [6, 6.07) is 9.82. The van der Waals surface area contributed by atoms with Crippen molar-refractivity contribution in [3.05, 3.63) is 46.9 Å². The summed E-state index contributed by atoms with van der Waals surface area (Å²) in [6.07, 6.45) is 0. The van der Waals surface area contributed by atoms with Crippen LogP contribution in [-0.2, 0) is 5.75 Å². The van der Waals surface area contributed by atoms with Gasteiger partial charge in [-0.1, -0.05) is 37.6 Å². The standard InChI is InChI=1S/C15H18ClN3S/c1-10(2)12-8-14(17-3)19-15(18-12)9-20-13-7-5-4-6-11(13)16/h4-8,10H,9H2,1-3H3,(H,17,18,19). The van der Waals surface area contributed by atoms with Crippen LogP contribution in [0.25, 0.3) is 0 Å². The van der Waals surface area contributed by atoms with Crippen molar-refractivity contribution in [3.8, 4) is 0 Å². The lowest BCUT2D eigenvalue weighted by Crippen LogP contribution is -2.04. The number of anilines is 1. The summed E-state index contributed by atoms with van der Waals surface area (Å²) < 4.78 is 0. The van der Waals surface area contributed by atoms with Crippen LogP contribution in [0.2, 0.25) is 5.02 Å². The number of aromatic nitrogens is 2. The first-order chi connectivity index (χ1) is 9.60. The van der Waals surface area contributed by atoms with E-state index in [9.17, 15) is 0 Å². The molecule has 0 aliphatic rings. The van der Waals surface area contributed by atoms with Gasteiger partial charge >= 0.3 is 0 Å². The number of hydrogen-bond donors (Lipinski definition) is 1. The fraction of sp³-hybridized carbons (Fsp3) is 0.333. The molecule has 0 bridgehead atoms. The average molecular weight is 308 g/mol. The Morgan fingerprint density at radius 3 is 2.65 bits per heavy atom. The number of nitrogens with one attached hydrogen (secondary N) is 1. The zero-order valence-electron chi connectivity index (χ0n) is 11.9. The van der Waals surface area contributed by atoms with Crippen LogP contribution in [0.15, 0.2) is 35.2 Å². The molecule has 20 heavy (non-hydrogen) atoms. The van der Waals surface area contributed by atoms with E-state index in [1.54, 1.807) is 11.8 Å². The van der Waals surface area contributed by atoms with E-state index in [4.69, 9.17) is 11.6 Å². The van der Waals surface area contributed by atoms with Crippen molar-refractivity contribution in [3.63, 3.8) is 0 Å². The summed E-state index contributed by atoms with van der Waals surface area (Å²) in [5.74, 6) is 2.77. The average Bonchev–Trinajstić information content (AvgIpc) is 2.46. The van der Waals surface area contributed by atoms with Gasteiger partial charge in [0.1, 0.15) is 11.6 Å². The van der Waals surface area contributed by atoms with Crippen LogP contribution in [-0.4, -0.2) is 17.0 Å². The van der Waals surface area contributed by atoms with Crippen molar-refractivity contribution in [2.24, 2.45) is 0 Å². The van der Waals surface area contributed by atoms with Crippen molar-refractivity contribution < 1.29 is 0 Å². The Bertz CT molecular complexity index is 587. The third-order valence-corrected chi connectivity index (χ3v) is 4.34. The molecular weight excluding hydrogens is 290 g/mol. The van der Waals surface area contributed by atoms with E-state index in [-0.39, 0.29) is 0 Å². The molecule has 1 aromatic heterocycles. The van der Waals surface area contributed by atoms with Crippen molar-refractivity contribution in [2.45, 2.75) is 30.4 Å². The predicted molar refractivity (Wildman–Crippen MR) is 86.7 cm³/mol. The maximum Gasteiger partial charge on any atom is 0.141 e. The van der Waals surface area contributed by atoms with E-state index in [2.05, 4.69) is 29.1 Å². The first-order valence-electron chi connectivity index (χ1n) is 6.53. The Morgan fingerprint density at radius 1 is 1.25 bits per heavy atom. The highest BCUT2D eigenvalue weighted by Gasteiger charge is 2.08. The third kappa shape index (κ3) is 3.87. The first-order valence-corrected chi connectivity index (χ1v) is 7.89. The van der Waals surface area contributed by atoms with Gasteiger partial charge in [0, 0.05) is 23.7 Å². The van der Waals surface area contributed by atoms with E-state index >= 15 is 0 Å². The maximum atomic E-state index is 6.16. The molecule has 0 amide bonds. The summed E-state index contributed by atoms with van der Waals surface area (Å²) in [6.45, 7) is 4.26. The summed E-state index contributed by atoms with van der Waals surface area (Å²) in [5.41, 5.74) is 1.05. The second-order valence-electron chi connectivity index (χ2n) is 4.72. The molecule has 0 aliphatic carbocycles. The van der Waals surface area contributed by atoms with Crippen LogP contribution < -0.4 is 5.32 Å². The van der Waals surface area contributed by atoms with Gasteiger partial charge < -0.3 is 5.32 Å². The smallest absolute Gasteiger partial charge is 0.141 e. The highest BCUT2D eigenvalue weighted by Crippen LogP contribution is 2.29. The van der Waals surface area contributed by atoms with E-state index < -0.39 is 0 Å². The Hall–Kier alpha value is -1.26. The SMILES string of the molecule is CNc1cc(C(C)C)nc(CSc2ccccc2Cl)n1. The molecule has 2 rings (SSSR count). The van der Waals surface area contributed by atoms with Crippen molar-refractivity contribution in [1.82, 2.24) is 9.97 Å². The zero-order chi connectivity index (χ0) is 14.5. The number of benzene rings is 1. The molecule has 1 N–H and O–H groups in total. The molecule has 0 spiro atoms. The second-order valence-corrected chi connectivity index (χ2v) is 6.14. The molecular formula is C15H18ClN3S. The summed E-state index contributed by atoms with van der Waals surface area (Å²) in [7, 11) is 1.87. The van der Waals surface area contributed by atoms with E-state index in [1.807, 2.05) is 37.4 Å². The van der Waals surface area contributed by atoms with Crippen LogP contribution in [0.3, 0.4) is 0 Å². The lowest BCUT2D eigenvalue weighted by atomic mass is 10.1. The van der Waals surface area contributed by atoms with Crippen LogP contribution in [0.5, 0.6) is 0 Å². The molecule has 1 aromatic carbocycles. The largest absolute Gasteiger partial charge is 0.373 e. The quantitative estimate of drug-likeness (QED) is 0.820. The second kappa shape index (κ2) is 6.95. The Kier molecular flexibility index (Phi) is 5.26. The van der Waals surface area contributed by atoms with Crippen LogP contribution in [0.4, 0.5) is 5.82 Å². The van der Waals surface area contributed by atoms with Gasteiger partial charge in [-0.25, -0.2) is 9.97 Å².